The molecule has 0 saturated carbocycles. The van der Waals surface area contributed by atoms with Crippen LogP contribution < -0.4 is 0 Å². The zero-order chi connectivity index (χ0) is 15.6. The van der Waals surface area contributed by atoms with Crippen LogP contribution in [0.2, 0.25) is 0 Å². The number of carbonyl (C=O) groups is 2. The Balaban J connectivity index is 2.32. The second-order valence-corrected chi connectivity index (χ2v) is 6.99. The number of rotatable bonds is 4. The summed E-state index contributed by atoms with van der Waals surface area (Å²) in [7, 11) is -2.81. The van der Waals surface area contributed by atoms with Crippen molar-refractivity contribution >= 4 is 33.3 Å². The molecule has 0 aliphatic carbocycles. The van der Waals surface area contributed by atoms with E-state index in [-0.39, 0.29) is 29.5 Å². The van der Waals surface area contributed by atoms with Crippen molar-refractivity contribution in [3.05, 3.63) is 16.3 Å². The smallest absolute Gasteiger partial charge is 0.349 e. The first kappa shape index (κ1) is 15.9. The van der Waals surface area contributed by atoms with Crippen LogP contribution in [0.25, 0.3) is 0 Å². The summed E-state index contributed by atoms with van der Waals surface area (Å²) >= 11 is 0.952. The highest BCUT2D eigenvalue weighted by Crippen LogP contribution is 2.27. The normalized spacial score (nSPS) is 20.1. The van der Waals surface area contributed by atoms with Crippen molar-refractivity contribution in [2.24, 2.45) is 0 Å². The van der Waals surface area contributed by atoms with Crippen molar-refractivity contribution in [1.29, 1.82) is 0 Å². The fourth-order valence-corrected chi connectivity index (χ4v) is 4.61. The number of carboxylic acids is 1. The molecule has 1 aromatic rings. The summed E-state index contributed by atoms with van der Waals surface area (Å²) < 4.78 is 35.6. The third-order valence-corrected chi connectivity index (χ3v) is 5.85. The standard InChI is InChI=1S/C11H13NO7S2/c1-18-11(15)9-8(2-5-20-9)21(16,17)12-3-4-19-7(6-12)10(13)14/h2,5,7H,3-4,6H2,1H3,(H,13,14). The second kappa shape index (κ2) is 6.10. The maximum Gasteiger partial charge on any atom is 0.349 e. The van der Waals surface area contributed by atoms with E-state index in [1.165, 1.54) is 11.4 Å². The number of sulfonamides is 1. The molecule has 8 nitrogen and oxygen atoms in total. The number of hydrogen-bond acceptors (Lipinski definition) is 7. The number of hydrogen-bond donors (Lipinski definition) is 1. The molecule has 1 N–H and O–H groups in total. The van der Waals surface area contributed by atoms with Gasteiger partial charge in [-0.2, -0.15) is 4.31 Å². The van der Waals surface area contributed by atoms with Gasteiger partial charge >= 0.3 is 11.9 Å². The Labute approximate surface area is 124 Å². The van der Waals surface area contributed by atoms with Crippen LogP contribution in [0.1, 0.15) is 9.67 Å². The lowest BCUT2D eigenvalue weighted by molar-refractivity contribution is -0.153. The number of carboxylic acid groups (broad SMARTS) is 1. The van der Waals surface area contributed by atoms with Crippen LogP contribution in [0.15, 0.2) is 16.3 Å². The number of nitrogens with zero attached hydrogens (tertiary/aromatic N) is 1. The summed E-state index contributed by atoms with van der Waals surface area (Å²) in [5.41, 5.74) is 0. The Morgan fingerprint density at radius 3 is 2.86 bits per heavy atom. The molecule has 1 unspecified atom stereocenters. The highest BCUT2D eigenvalue weighted by atomic mass is 32.2. The number of thiophene rings is 1. The average molecular weight is 335 g/mol. The van der Waals surface area contributed by atoms with Crippen LogP contribution in [-0.2, 0) is 24.3 Å². The third kappa shape index (κ3) is 3.07. The molecular weight excluding hydrogens is 322 g/mol. The van der Waals surface area contributed by atoms with Crippen LogP contribution in [-0.4, -0.2) is 62.7 Å². The molecule has 1 aliphatic heterocycles. The van der Waals surface area contributed by atoms with Gasteiger partial charge in [0, 0.05) is 6.54 Å². The molecule has 2 heterocycles. The van der Waals surface area contributed by atoms with Gasteiger partial charge in [0.2, 0.25) is 10.0 Å². The first-order valence-corrected chi connectivity index (χ1v) is 8.20. The molecular formula is C11H13NO7S2. The number of aliphatic carboxylic acids is 1. The van der Waals surface area contributed by atoms with E-state index < -0.39 is 28.1 Å². The van der Waals surface area contributed by atoms with E-state index in [1.54, 1.807) is 0 Å². The minimum Gasteiger partial charge on any atom is -0.479 e. The van der Waals surface area contributed by atoms with Gasteiger partial charge in [0.15, 0.2) is 6.10 Å². The molecule has 0 aromatic carbocycles. The minimum absolute atomic E-state index is 0.0199. The van der Waals surface area contributed by atoms with Gasteiger partial charge in [0.05, 0.1) is 20.3 Å². The van der Waals surface area contributed by atoms with Gasteiger partial charge in [-0.25, -0.2) is 18.0 Å². The van der Waals surface area contributed by atoms with Crippen LogP contribution in [0.3, 0.4) is 0 Å². The van der Waals surface area contributed by atoms with Gasteiger partial charge < -0.3 is 14.6 Å². The summed E-state index contributed by atoms with van der Waals surface area (Å²) in [5.74, 6) is -1.97. The van der Waals surface area contributed by atoms with Crippen LogP contribution in [0.4, 0.5) is 0 Å². The molecule has 1 atom stereocenters. The van der Waals surface area contributed by atoms with E-state index in [0.29, 0.717) is 0 Å². The molecule has 0 amide bonds. The van der Waals surface area contributed by atoms with Gasteiger partial charge in [-0.05, 0) is 11.4 Å². The van der Waals surface area contributed by atoms with Crippen molar-refractivity contribution in [2.45, 2.75) is 11.0 Å². The number of morpholine rings is 1. The Bertz CT molecular complexity index is 651. The number of methoxy groups -OCH3 is 1. The first-order valence-electron chi connectivity index (χ1n) is 5.88. The summed E-state index contributed by atoms with van der Waals surface area (Å²) in [5, 5.41) is 10.4. The van der Waals surface area contributed by atoms with E-state index in [4.69, 9.17) is 9.84 Å². The van der Waals surface area contributed by atoms with Crippen molar-refractivity contribution in [3.8, 4) is 0 Å². The first-order chi connectivity index (χ1) is 9.87. The second-order valence-electron chi connectivity index (χ2n) is 4.17. The molecule has 0 radical (unpaired) electrons. The summed E-state index contributed by atoms with van der Waals surface area (Å²) in [4.78, 5) is 22.3. The largest absolute Gasteiger partial charge is 0.479 e. The molecule has 0 spiro atoms. The van der Waals surface area contributed by atoms with Crippen LogP contribution in [0.5, 0.6) is 0 Å². The zero-order valence-corrected chi connectivity index (χ0v) is 12.6. The van der Waals surface area contributed by atoms with Crippen molar-refractivity contribution < 1.29 is 32.6 Å². The molecule has 0 bridgehead atoms. The quantitative estimate of drug-likeness (QED) is 0.772. The average Bonchev–Trinajstić information content (AvgIpc) is 2.96. The predicted molar refractivity (Wildman–Crippen MR) is 71.8 cm³/mol. The van der Waals surface area contributed by atoms with E-state index in [1.807, 2.05) is 0 Å². The molecule has 10 heteroatoms. The van der Waals surface area contributed by atoms with Gasteiger partial charge in [-0.1, -0.05) is 0 Å². The van der Waals surface area contributed by atoms with Crippen LogP contribution >= 0.6 is 11.3 Å². The number of ether oxygens (including phenoxy) is 2. The van der Waals surface area contributed by atoms with E-state index in [0.717, 1.165) is 22.8 Å². The Morgan fingerprint density at radius 2 is 2.24 bits per heavy atom. The zero-order valence-electron chi connectivity index (χ0n) is 11.0. The molecule has 116 valence electrons. The van der Waals surface area contributed by atoms with Crippen molar-refractivity contribution in [2.75, 3.05) is 26.8 Å². The maximum absolute atomic E-state index is 12.5. The Hall–Kier alpha value is -1.49. The molecule has 1 fully saturated rings. The monoisotopic (exact) mass is 335 g/mol. The highest BCUT2D eigenvalue weighted by molar-refractivity contribution is 7.89. The summed E-state index contributed by atoms with van der Waals surface area (Å²) in [6, 6.07) is 1.30. The third-order valence-electron chi connectivity index (χ3n) is 2.92. The van der Waals surface area contributed by atoms with Crippen molar-refractivity contribution in [3.63, 3.8) is 0 Å². The highest BCUT2D eigenvalue weighted by Gasteiger charge is 2.36. The fourth-order valence-electron chi connectivity index (χ4n) is 1.87. The van der Waals surface area contributed by atoms with Gasteiger partial charge in [-0.3, -0.25) is 0 Å². The van der Waals surface area contributed by atoms with E-state index in [2.05, 4.69) is 4.74 Å². The molecule has 2 rings (SSSR count). The Kier molecular flexibility index (Phi) is 4.61. The molecule has 1 aromatic heterocycles. The Morgan fingerprint density at radius 1 is 1.52 bits per heavy atom. The fraction of sp³-hybridized carbons (Fsp3) is 0.455. The number of carbonyl (C=O) groups excluding carboxylic acids is 1. The lowest BCUT2D eigenvalue weighted by Crippen LogP contribution is -2.48. The lowest BCUT2D eigenvalue weighted by Gasteiger charge is -2.29. The predicted octanol–water partition coefficient (Wildman–Crippen LogP) is 0.00880. The van der Waals surface area contributed by atoms with E-state index >= 15 is 0 Å². The van der Waals surface area contributed by atoms with Gasteiger partial charge in [0.1, 0.15) is 9.77 Å². The maximum atomic E-state index is 12.5. The molecule has 1 aliphatic rings. The minimum atomic E-state index is -3.97. The summed E-state index contributed by atoms with van der Waals surface area (Å²) in [6.07, 6.45) is -1.21. The molecule has 21 heavy (non-hydrogen) atoms. The molecule has 1 saturated heterocycles. The van der Waals surface area contributed by atoms with E-state index in [9.17, 15) is 18.0 Å². The van der Waals surface area contributed by atoms with Crippen molar-refractivity contribution in [1.82, 2.24) is 4.31 Å². The van der Waals surface area contributed by atoms with Gasteiger partial charge in [-0.15, -0.1) is 11.3 Å². The van der Waals surface area contributed by atoms with Gasteiger partial charge in [0.25, 0.3) is 0 Å². The topological polar surface area (TPSA) is 110 Å². The SMILES string of the molecule is COC(=O)c1sccc1S(=O)(=O)N1CCOC(C(=O)O)C1. The lowest BCUT2D eigenvalue weighted by atomic mass is 10.3. The summed E-state index contributed by atoms with van der Waals surface area (Å²) in [6.45, 7) is -0.287. The van der Waals surface area contributed by atoms with Crippen LogP contribution in [0, 0.1) is 0 Å². The number of esters is 1.